The van der Waals surface area contributed by atoms with Crippen molar-refractivity contribution in [1.29, 1.82) is 0 Å². The molecule has 2 aliphatic heterocycles. The minimum Gasteiger partial charge on any atom is -0.458 e. The van der Waals surface area contributed by atoms with Crippen LogP contribution in [0.2, 0.25) is 0 Å². The molecular formula is C30H36O6. The summed E-state index contributed by atoms with van der Waals surface area (Å²) < 4.78 is 11.5. The quantitative estimate of drug-likeness (QED) is 0.326. The molecule has 3 aliphatic carbocycles. The van der Waals surface area contributed by atoms with Crippen molar-refractivity contribution in [1.82, 2.24) is 0 Å². The molecule has 0 aromatic rings. The highest BCUT2D eigenvalue weighted by molar-refractivity contribution is 5.91. The van der Waals surface area contributed by atoms with Crippen molar-refractivity contribution in [3.8, 4) is 0 Å². The Kier molecular flexibility index (Phi) is 6.00. The molecule has 192 valence electrons. The molecule has 5 rings (SSSR count). The van der Waals surface area contributed by atoms with E-state index in [1.807, 2.05) is 6.08 Å². The first kappa shape index (κ1) is 24.9. The topological polar surface area (TPSA) is 86.7 Å². The lowest BCUT2D eigenvalue weighted by atomic mass is 9.49. The Bertz CT molecular complexity index is 1130. The lowest BCUT2D eigenvalue weighted by molar-refractivity contribution is -0.140. The number of Topliss-reactive ketones (excluding diaryl/α,β-unsaturated/α-hetero) is 1. The lowest BCUT2D eigenvalue weighted by Crippen LogP contribution is -2.50. The number of esters is 2. The van der Waals surface area contributed by atoms with Gasteiger partial charge in [0.05, 0.1) is 0 Å². The number of hydrogen-bond donors (Lipinski definition) is 0. The van der Waals surface area contributed by atoms with Gasteiger partial charge in [-0.1, -0.05) is 44.7 Å². The zero-order valence-electron chi connectivity index (χ0n) is 21.6. The molecule has 5 aliphatic rings. The van der Waals surface area contributed by atoms with E-state index >= 15 is 0 Å². The molecule has 0 spiro atoms. The van der Waals surface area contributed by atoms with Crippen molar-refractivity contribution >= 4 is 23.5 Å². The first-order chi connectivity index (χ1) is 17.0. The molecule has 4 fully saturated rings. The van der Waals surface area contributed by atoms with E-state index in [0.29, 0.717) is 36.8 Å². The Morgan fingerprint density at radius 3 is 2.08 bits per heavy atom. The minimum absolute atomic E-state index is 0.0301. The Morgan fingerprint density at radius 1 is 0.917 bits per heavy atom. The van der Waals surface area contributed by atoms with E-state index in [0.717, 1.165) is 0 Å². The summed E-state index contributed by atoms with van der Waals surface area (Å²) in [6.07, 6.45) is 7.91. The van der Waals surface area contributed by atoms with Crippen molar-refractivity contribution in [2.75, 3.05) is 0 Å². The van der Waals surface area contributed by atoms with Crippen LogP contribution >= 0.6 is 0 Å². The molecule has 36 heavy (non-hydrogen) atoms. The third kappa shape index (κ3) is 3.59. The fraction of sp³-hybridized carbons (Fsp3) is 0.600. The second-order valence-corrected chi connectivity index (χ2v) is 11.8. The highest BCUT2D eigenvalue weighted by Crippen LogP contribution is 2.63. The maximum absolute atomic E-state index is 13.3. The van der Waals surface area contributed by atoms with Gasteiger partial charge in [0, 0.05) is 34.3 Å². The smallest absolute Gasteiger partial charge is 0.334 e. The molecule has 0 N–H and O–H groups in total. The number of carbonyl (C=O) groups is 4. The van der Waals surface area contributed by atoms with Crippen LogP contribution in [-0.2, 0) is 28.7 Å². The molecule has 0 radical (unpaired) electrons. The zero-order valence-corrected chi connectivity index (χ0v) is 21.6. The van der Waals surface area contributed by atoms with E-state index in [1.54, 1.807) is 13.0 Å². The highest BCUT2D eigenvalue weighted by atomic mass is 16.6. The molecule has 2 saturated heterocycles. The largest absolute Gasteiger partial charge is 0.458 e. The van der Waals surface area contributed by atoms with Gasteiger partial charge in [-0.15, -0.1) is 0 Å². The van der Waals surface area contributed by atoms with Crippen molar-refractivity contribution in [2.45, 2.75) is 65.6 Å². The maximum Gasteiger partial charge on any atom is 0.334 e. The normalized spacial score (nSPS) is 43.9. The van der Waals surface area contributed by atoms with E-state index < -0.39 is 11.3 Å². The van der Waals surface area contributed by atoms with E-state index in [9.17, 15) is 19.2 Å². The molecule has 0 amide bonds. The van der Waals surface area contributed by atoms with Crippen LogP contribution in [0.4, 0.5) is 0 Å². The molecule has 0 aromatic heterocycles. The number of fused-ring (bicyclic) bond motifs is 5. The summed E-state index contributed by atoms with van der Waals surface area (Å²) in [4.78, 5) is 50.5. The number of hydrogen-bond acceptors (Lipinski definition) is 6. The molecule has 10 atom stereocenters. The SMILES string of the molecule is C=C1C(=O)O[C@H]2C[C@H](C)[C@]3(/C=C/C(C)=O)[C@@H](C(C)=O)C=C4[C@@H](C)C[C@@H]5OC(=O)C(=C)[C@H]5C[C@@H]4[C@H]3C[C@H]12. The summed E-state index contributed by atoms with van der Waals surface area (Å²) in [5, 5.41) is 0. The summed E-state index contributed by atoms with van der Waals surface area (Å²) in [6, 6.07) is 0. The molecule has 2 saturated carbocycles. The van der Waals surface area contributed by atoms with Gasteiger partial charge in [-0.2, -0.15) is 0 Å². The monoisotopic (exact) mass is 492 g/mol. The van der Waals surface area contributed by atoms with E-state index in [1.165, 1.54) is 12.5 Å². The van der Waals surface area contributed by atoms with Gasteiger partial charge in [-0.25, -0.2) is 9.59 Å². The van der Waals surface area contributed by atoms with Crippen LogP contribution in [0.25, 0.3) is 0 Å². The second-order valence-electron chi connectivity index (χ2n) is 11.8. The fourth-order valence-electron chi connectivity index (χ4n) is 8.20. The van der Waals surface area contributed by atoms with Crippen molar-refractivity contribution < 1.29 is 28.7 Å². The average Bonchev–Trinajstić information content (AvgIpc) is 3.10. The van der Waals surface area contributed by atoms with Crippen LogP contribution in [0.5, 0.6) is 0 Å². The number of carbonyl (C=O) groups excluding carboxylic acids is 4. The first-order valence-corrected chi connectivity index (χ1v) is 13.2. The Hall–Kier alpha value is -2.76. The number of ketones is 2. The van der Waals surface area contributed by atoms with E-state index in [4.69, 9.17) is 9.47 Å². The summed E-state index contributed by atoms with van der Waals surface area (Å²) in [5.74, 6) is -1.15. The molecular weight excluding hydrogens is 456 g/mol. The summed E-state index contributed by atoms with van der Waals surface area (Å²) in [6.45, 7) is 15.6. The van der Waals surface area contributed by atoms with Crippen LogP contribution in [0, 0.1) is 46.8 Å². The lowest BCUT2D eigenvalue weighted by Gasteiger charge is -2.53. The zero-order chi connectivity index (χ0) is 26.1. The van der Waals surface area contributed by atoms with Crippen molar-refractivity contribution in [3.05, 3.63) is 48.1 Å². The third-order valence-corrected chi connectivity index (χ3v) is 9.94. The van der Waals surface area contributed by atoms with Crippen LogP contribution < -0.4 is 0 Å². The van der Waals surface area contributed by atoms with Gasteiger partial charge in [-0.3, -0.25) is 9.59 Å². The van der Waals surface area contributed by atoms with Crippen LogP contribution in [0.15, 0.2) is 48.1 Å². The van der Waals surface area contributed by atoms with Gasteiger partial charge in [0.1, 0.15) is 18.0 Å². The number of allylic oxidation sites excluding steroid dienone is 4. The van der Waals surface area contributed by atoms with E-state index in [2.05, 4.69) is 33.1 Å². The van der Waals surface area contributed by atoms with Gasteiger partial charge < -0.3 is 9.47 Å². The molecule has 0 bridgehead atoms. The number of ether oxygens (including phenoxy) is 2. The van der Waals surface area contributed by atoms with Crippen molar-refractivity contribution in [3.63, 3.8) is 0 Å². The first-order valence-electron chi connectivity index (χ1n) is 13.2. The predicted octanol–water partition coefficient (Wildman–Crippen LogP) is 4.55. The molecule has 0 aromatic carbocycles. The Morgan fingerprint density at radius 2 is 1.50 bits per heavy atom. The van der Waals surface area contributed by atoms with E-state index in [-0.39, 0.29) is 71.2 Å². The molecule has 6 heteroatoms. The van der Waals surface area contributed by atoms with Gasteiger partial charge in [-0.05, 0) is 69.3 Å². The highest BCUT2D eigenvalue weighted by Gasteiger charge is 2.61. The van der Waals surface area contributed by atoms with Gasteiger partial charge in [0.15, 0.2) is 5.78 Å². The summed E-state index contributed by atoms with van der Waals surface area (Å²) in [7, 11) is 0. The van der Waals surface area contributed by atoms with Crippen LogP contribution in [-0.4, -0.2) is 35.7 Å². The average molecular weight is 493 g/mol. The second kappa shape index (κ2) is 8.67. The van der Waals surface area contributed by atoms with Crippen LogP contribution in [0.1, 0.15) is 53.4 Å². The number of rotatable bonds is 3. The standard InChI is InChI=1S/C30H36O6/c1-14-9-26-21(17(4)28(33)35-26)11-23-20(14)12-24(19(6)32)30(8-7-16(3)31)15(2)10-27-22(13-25(23)30)18(5)29(34)36-27/h7-8,12,14-15,21-27H,4-5,9-11,13H2,1-3,6H3/b8-7+/t14-,15-,21+,22+,23-,24+,25+,26-,27-,30+/m0/s1. The Balaban J connectivity index is 1.71. The molecule has 6 nitrogen and oxygen atoms in total. The predicted molar refractivity (Wildman–Crippen MR) is 133 cm³/mol. The fourth-order valence-corrected chi connectivity index (χ4v) is 8.20. The van der Waals surface area contributed by atoms with Crippen LogP contribution in [0.3, 0.4) is 0 Å². The van der Waals surface area contributed by atoms with Crippen molar-refractivity contribution in [2.24, 2.45) is 46.8 Å². The molecule has 2 heterocycles. The van der Waals surface area contributed by atoms with Gasteiger partial charge >= 0.3 is 11.9 Å². The summed E-state index contributed by atoms with van der Waals surface area (Å²) in [5.41, 5.74) is 1.63. The molecule has 0 unspecified atom stereocenters. The van der Waals surface area contributed by atoms with Gasteiger partial charge in [0.2, 0.25) is 0 Å². The third-order valence-electron chi connectivity index (χ3n) is 9.94. The van der Waals surface area contributed by atoms with Gasteiger partial charge in [0.25, 0.3) is 0 Å². The summed E-state index contributed by atoms with van der Waals surface area (Å²) >= 11 is 0. The maximum atomic E-state index is 13.3. The Labute approximate surface area is 212 Å². The minimum atomic E-state index is -0.618.